The predicted octanol–water partition coefficient (Wildman–Crippen LogP) is 0.965. The van der Waals surface area contributed by atoms with E-state index in [9.17, 15) is 18.0 Å². The number of carboxylic acids is 1. The van der Waals surface area contributed by atoms with E-state index in [-0.39, 0.29) is 16.2 Å². The van der Waals surface area contributed by atoms with Crippen molar-refractivity contribution in [3.05, 3.63) is 23.8 Å². The second kappa shape index (κ2) is 7.42. The molecule has 1 aromatic rings. The highest BCUT2D eigenvalue weighted by Crippen LogP contribution is 2.29. The summed E-state index contributed by atoms with van der Waals surface area (Å²) in [5.74, 6) is -1.99. The number of rotatable bonds is 7. The second-order valence-electron chi connectivity index (χ2n) is 4.89. The van der Waals surface area contributed by atoms with E-state index in [1.807, 2.05) is 0 Å². The van der Waals surface area contributed by atoms with Gasteiger partial charge in [-0.1, -0.05) is 0 Å². The van der Waals surface area contributed by atoms with E-state index < -0.39 is 34.5 Å². The molecule has 0 spiro atoms. The molecule has 0 aliphatic heterocycles. The van der Waals surface area contributed by atoms with Crippen LogP contribution in [0.3, 0.4) is 0 Å². The lowest BCUT2D eigenvalue weighted by atomic mass is 10.2. The fourth-order valence-electron chi connectivity index (χ4n) is 1.93. The molecular weight excluding hydrogens is 326 g/mol. The average molecular weight is 345 g/mol. The molecule has 1 aromatic carbocycles. The highest BCUT2D eigenvalue weighted by Gasteiger charge is 2.32. The molecule has 0 amide bonds. The van der Waals surface area contributed by atoms with Crippen molar-refractivity contribution < 1.29 is 32.6 Å². The highest BCUT2D eigenvalue weighted by molar-refractivity contribution is 7.89. The van der Waals surface area contributed by atoms with Crippen molar-refractivity contribution in [2.45, 2.75) is 24.8 Å². The number of benzene rings is 1. The zero-order valence-corrected chi connectivity index (χ0v) is 14.1. The van der Waals surface area contributed by atoms with Gasteiger partial charge in [0.05, 0.1) is 19.8 Å². The van der Waals surface area contributed by atoms with Crippen molar-refractivity contribution >= 4 is 22.0 Å². The molecule has 0 heterocycles. The lowest BCUT2D eigenvalue weighted by Gasteiger charge is -2.25. The van der Waals surface area contributed by atoms with Crippen LogP contribution < -0.4 is 4.74 Å². The summed E-state index contributed by atoms with van der Waals surface area (Å²) in [7, 11) is -1.73. The Bertz CT molecular complexity index is 697. The lowest BCUT2D eigenvalue weighted by Crippen LogP contribution is -2.40. The monoisotopic (exact) mass is 345 g/mol. The van der Waals surface area contributed by atoms with Gasteiger partial charge in [0.1, 0.15) is 17.2 Å². The maximum atomic E-state index is 12.8. The van der Waals surface area contributed by atoms with Crippen LogP contribution in [0.4, 0.5) is 0 Å². The Morgan fingerprint density at radius 2 is 1.87 bits per heavy atom. The van der Waals surface area contributed by atoms with Crippen molar-refractivity contribution in [1.29, 1.82) is 0 Å². The van der Waals surface area contributed by atoms with Crippen molar-refractivity contribution in [2.24, 2.45) is 0 Å². The normalized spacial score (nSPS) is 11.6. The van der Waals surface area contributed by atoms with Gasteiger partial charge in [0.15, 0.2) is 0 Å². The van der Waals surface area contributed by atoms with Crippen LogP contribution in [0.25, 0.3) is 0 Å². The number of nitrogens with zero attached hydrogens (tertiary/aromatic N) is 1. The van der Waals surface area contributed by atoms with Crippen molar-refractivity contribution in [3.63, 3.8) is 0 Å². The number of hydrogen-bond acceptors (Lipinski definition) is 6. The smallest absolute Gasteiger partial charge is 0.337 e. The molecule has 0 aliphatic rings. The summed E-state index contributed by atoms with van der Waals surface area (Å²) >= 11 is 0. The minimum Gasteiger partial charge on any atom is -0.495 e. The number of carbonyl (C=O) groups excluding carboxylic acids is 1. The number of aliphatic carboxylic acids is 1. The Morgan fingerprint density at radius 3 is 2.30 bits per heavy atom. The summed E-state index contributed by atoms with van der Waals surface area (Å²) in [4.78, 5) is 22.3. The number of carboxylic acid groups (broad SMARTS) is 1. The van der Waals surface area contributed by atoms with Gasteiger partial charge in [-0.25, -0.2) is 13.2 Å². The van der Waals surface area contributed by atoms with Crippen LogP contribution in [0.1, 0.15) is 24.2 Å². The minimum atomic E-state index is -4.18. The lowest BCUT2D eigenvalue weighted by molar-refractivity contribution is -0.137. The van der Waals surface area contributed by atoms with Gasteiger partial charge < -0.3 is 14.6 Å². The third-order valence-corrected chi connectivity index (χ3v) is 5.08. The Balaban J connectivity index is 3.50. The first-order valence-electron chi connectivity index (χ1n) is 6.65. The summed E-state index contributed by atoms with van der Waals surface area (Å²) in [5, 5.41) is 8.94. The van der Waals surface area contributed by atoms with Gasteiger partial charge in [-0.15, -0.1) is 0 Å². The summed E-state index contributed by atoms with van der Waals surface area (Å²) in [6.07, 6.45) is 0. The molecule has 0 saturated heterocycles. The standard InChI is InChI=1S/C14H19NO7S/c1-9(2)15(8-13(16)17)23(19,20)12-7-10(14(18)22-4)5-6-11(12)21-3/h5-7,9H,8H2,1-4H3,(H,16,17). The van der Waals surface area contributed by atoms with Gasteiger partial charge in [-0.2, -0.15) is 4.31 Å². The zero-order chi connectivity index (χ0) is 17.8. The SMILES string of the molecule is COC(=O)c1ccc(OC)c(S(=O)(=O)N(CC(=O)O)C(C)C)c1. The molecule has 1 N–H and O–H groups in total. The molecule has 0 aromatic heterocycles. The summed E-state index contributed by atoms with van der Waals surface area (Å²) in [6.45, 7) is 2.40. The van der Waals surface area contributed by atoms with E-state index in [0.29, 0.717) is 0 Å². The Hall–Kier alpha value is -2.13. The molecular formula is C14H19NO7S. The molecule has 0 saturated carbocycles. The van der Waals surface area contributed by atoms with Crippen LogP contribution in [-0.4, -0.2) is 56.6 Å². The number of ether oxygens (including phenoxy) is 2. The summed E-state index contributed by atoms with van der Waals surface area (Å²) < 4.78 is 36.0. The third-order valence-electron chi connectivity index (χ3n) is 3.04. The number of hydrogen-bond donors (Lipinski definition) is 1. The fraction of sp³-hybridized carbons (Fsp3) is 0.429. The Labute approximate surface area is 134 Å². The first-order chi connectivity index (χ1) is 10.6. The summed E-state index contributed by atoms with van der Waals surface area (Å²) in [5.41, 5.74) is 0.0194. The Morgan fingerprint density at radius 1 is 1.26 bits per heavy atom. The average Bonchev–Trinajstić information content (AvgIpc) is 2.50. The minimum absolute atomic E-state index is 0.00805. The molecule has 0 fully saturated rings. The predicted molar refractivity (Wildman–Crippen MR) is 81.0 cm³/mol. The zero-order valence-electron chi connectivity index (χ0n) is 13.3. The van der Waals surface area contributed by atoms with Crippen molar-refractivity contribution in [3.8, 4) is 5.75 Å². The molecule has 0 radical (unpaired) electrons. The van der Waals surface area contributed by atoms with E-state index in [1.54, 1.807) is 13.8 Å². The molecule has 128 valence electrons. The van der Waals surface area contributed by atoms with E-state index in [1.165, 1.54) is 26.4 Å². The molecule has 9 heteroatoms. The van der Waals surface area contributed by atoms with Crippen LogP contribution in [0.2, 0.25) is 0 Å². The van der Waals surface area contributed by atoms with Gasteiger partial charge in [-0.3, -0.25) is 4.79 Å². The van der Waals surface area contributed by atoms with E-state index in [0.717, 1.165) is 10.4 Å². The van der Waals surface area contributed by atoms with Crippen LogP contribution in [0, 0.1) is 0 Å². The maximum Gasteiger partial charge on any atom is 0.337 e. The number of methoxy groups -OCH3 is 2. The first kappa shape index (κ1) is 18.9. The van der Waals surface area contributed by atoms with Crippen LogP contribution in [-0.2, 0) is 19.6 Å². The molecule has 0 unspecified atom stereocenters. The number of esters is 1. The topological polar surface area (TPSA) is 110 Å². The Kier molecular flexibility index (Phi) is 6.11. The van der Waals surface area contributed by atoms with Gasteiger partial charge >= 0.3 is 11.9 Å². The molecule has 8 nitrogen and oxygen atoms in total. The largest absolute Gasteiger partial charge is 0.495 e. The second-order valence-corrected chi connectivity index (χ2v) is 6.75. The van der Waals surface area contributed by atoms with Gasteiger partial charge in [0.2, 0.25) is 10.0 Å². The van der Waals surface area contributed by atoms with E-state index >= 15 is 0 Å². The van der Waals surface area contributed by atoms with E-state index in [4.69, 9.17) is 9.84 Å². The number of carbonyl (C=O) groups is 2. The molecule has 0 aliphatic carbocycles. The van der Waals surface area contributed by atoms with Crippen LogP contribution >= 0.6 is 0 Å². The van der Waals surface area contributed by atoms with Gasteiger partial charge in [0.25, 0.3) is 0 Å². The molecule has 23 heavy (non-hydrogen) atoms. The van der Waals surface area contributed by atoms with Gasteiger partial charge in [0, 0.05) is 6.04 Å². The molecule has 1 rings (SSSR count). The maximum absolute atomic E-state index is 12.8. The van der Waals surface area contributed by atoms with E-state index in [2.05, 4.69) is 4.74 Å². The van der Waals surface area contributed by atoms with Crippen LogP contribution in [0.5, 0.6) is 5.75 Å². The molecule has 0 atom stereocenters. The van der Waals surface area contributed by atoms with Gasteiger partial charge in [-0.05, 0) is 32.0 Å². The third kappa shape index (κ3) is 4.20. The quantitative estimate of drug-likeness (QED) is 0.733. The number of sulfonamides is 1. The van der Waals surface area contributed by atoms with Crippen molar-refractivity contribution in [1.82, 2.24) is 4.31 Å². The molecule has 0 bridgehead atoms. The van der Waals surface area contributed by atoms with Crippen LogP contribution in [0.15, 0.2) is 23.1 Å². The van der Waals surface area contributed by atoms with Crippen molar-refractivity contribution in [2.75, 3.05) is 20.8 Å². The fourth-order valence-corrected chi connectivity index (χ4v) is 3.70. The summed E-state index contributed by atoms with van der Waals surface area (Å²) in [6, 6.07) is 3.19. The first-order valence-corrected chi connectivity index (χ1v) is 8.09. The highest BCUT2D eigenvalue weighted by atomic mass is 32.2.